The molecule has 0 saturated carbocycles. The summed E-state index contributed by atoms with van der Waals surface area (Å²) < 4.78 is 113. The van der Waals surface area contributed by atoms with Crippen molar-refractivity contribution in [2.24, 2.45) is 5.92 Å². The highest BCUT2D eigenvalue weighted by Gasteiger charge is 2.41. The molecule has 2 atom stereocenters. The Labute approximate surface area is 215 Å². The van der Waals surface area contributed by atoms with Crippen LogP contribution in [0.5, 0.6) is 11.5 Å². The van der Waals surface area contributed by atoms with Gasteiger partial charge < -0.3 is 14.2 Å². The molecule has 3 nitrogen and oxygen atoms in total. The molecular formula is C28H25F7O3. The molecule has 204 valence electrons. The van der Waals surface area contributed by atoms with Gasteiger partial charge in [0.25, 0.3) is 0 Å². The first kappa shape index (κ1) is 27.8. The van der Waals surface area contributed by atoms with Crippen molar-refractivity contribution < 1.29 is 44.9 Å². The number of hydrogen-bond acceptors (Lipinski definition) is 3. The van der Waals surface area contributed by atoms with Gasteiger partial charge in [-0.15, -0.1) is 0 Å². The molecule has 2 unspecified atom stereocenters. The third kappa shape index (κ3) is 6.06. The van der Waals surface area contributed by atoms with E-state index in [-0.39, 0.29) is 23.8 Å². The van der Waals surface area contributed by atoms with E-state index >= 15 is 0 Å². The Morgan fingerprint density at radius 2 is 1.50 bits per heavy atom. The van der Waals surface area contributed by atoms with Crippen molar-refractivity contribution in [3.05, 3.63) is 82.9 Å². The van der Waals surface area contributed by atoms with E-state index in [0.717, 1.165) is 43.4 Å². The minimum atomic E-state index is -4.63. The summed E-state index contributed by atoms with van der Waals surface area (Å²) in [5.74, 6) is -8.00. The van der Waals surface area contributed by atoms with Gasteiger partial charge >= 0.3 is 6.11 Å². The Morgan fingerprint density at radius 3 is 2.03 bits per heavy atom. The minimum absolute atomic E-state index is 0.00323. The first-order valence-corrected chi connectivity index (χ1v) is 12.1. The number of halogens is 7. The molecule has 1 fully saturated rings. The largest absolute Gasteiger partial charge is 0.457 e. The van der Waals surface area contributed by atoms with E-state index in [2.05, 4.69) is 16.4 Å². The fourth-order valence-electron chi connectivity index (χ4n) is 4.60. The van der Waals surface area contributed by atoms with Crippen LogP contribution in [0.2, 0.25) is 0 Å². The van der Waals surface area contributed by atoms with Crippen LogP contribution in [0.15, 0.2) is 48.5 Å². The molecule has 0 bridgehead atoms. The van der Waals surface area contributed by atoms with Gasteiger partial charge in [-0.3, -0.25) is 0 Å². The van der Waals surface area contributed by atoms with Gasteiger partial charge in [-0.2, -0.15) is 8.78 Å². The van der Waals surface area contributed by atoms with Crippen LogP contribution >= 0.6 is 0 Å². The maximum absolute atomic E-state index is 14.8. The molecule has 0 aromatic heterocycles. The van der Waals surface area contributed by atoms with E-state index in [1.54, 1.807) is 24.3 Å². The monoisotopic (exact) mass is 542 g/mol. The molecule has 0 N–H and O–H groups in total. The van der Waals surface area contributed by atoms with E-state index in [9.17, 15) is 30.7 Å². The van der Waals surface area contributed by atoms with Crippen molar-refractivity contribution in [3.8, 4) is 22.6 Å². The Hall–Kier alpha value is -3.27. The first-order valence-electron chi connectivity index (χ1n) is 12.1. The molecule has 1 aliphatic heterocycles. The standard InChI is InChI=1S/C28H25F7O3/c1-2-3-16-4-9-25(36-14-16)18-7-5-17(6-8-18)19-10-21(30)26(22(31)11-19)28(34,35)38-20-12-23(32)27(37-15-29)24(33)13-20/h5-8,10-13,16,25H,2-4,9,14-15H2,1H3. The van der Waals surface area contributed by atoms with Crippen LogP contribution in [0.4, 0.5) is 30.7 Å². The lowest BCUT2D eigenvalue weighted by Gasteiger charge is -2.29. The fourth-order valence-corrected chi connectivity index (χ4v) is 4.60. The third-order valence-corrected chi connectivity index (χ3v) is 6.43. The van der Waals surface area contributed by atoms with Gasteiger partial charge in [-0.1, -0.05) is 37.6 Å². The van der Waals surface area contributed by atoms with Gasteiger partial charge in [0.15, 0.2) is 17.4 Å². The highest BCUT2D eigenvalue weighted by atomic mass is 19.3. The van der Waals surface area contributed by atoms with Gasteiger partial charge in [0.2, 0.25) is 6.86 Å². The van der Waals surface area contributed by atoms with Crippen molar-refractivity contribution in [1.82, 2.24) is 0 Å². The molecule has 10 heteroatoms. The van der Waals surface area contributed by atoms with E-state index in [1.165, 1.54) is 0 Å². The van der Waals surface area contributed by atoms with Gasteiger partial charge in [0.05, 0.1) is 12.7 Å². The molecule has 3 aromatic rings. The second-order valence-corrected chi connectivity index (χ2v) is 9.08. The first-order chi connectivity index (χ1) is 18.1. The predicted octanol–water partition coefficient (Wildman–Crippen LogP) is 8.61. The van der Waals surface area contributed by atoms with E-state index in [0.29, 0.717) is 18.1 Å². The van der Waals surface area contributed by atoms with Crippen molar-refractivity contribution in [1.29, 1.82) is 0 Å². The molecule has 0 radical (unpaired) electrons. The average molecular weight is 542 g/mol. The van der Waals surface area contributed by atoms with Gasteiger partial charge in [-0.05, 0) is 54.0 Å². The quantitative estimate of drug-likeness (QED) is 0.254. The second-order valence-electron chi connectivity index (χ2n) is 9.08. The van der Waals surface area contributed by atoms with Crippen LogP contribution in [-0.4, -0.2) is 13.5 Å². The predicted molar refractivity (Wildman–Crippen MR) is 126 cm³/mol. The Morgan fingerprint density at radius 1 is 0.868 bits per heavy atom. The smallest absolute Gasteiger partial charge is 0.432 e. The third-order valence-electron chi connectivity index (χ3n) is 6.43. The van der Waals surface area contributed by atoms with Crippen molar-refractivity contribution in [2.45, 2.75) is 44.8 Å². The van der Waals surface area contributed by atoms with Gasteiger partial charge in [0.1, 0.15) is 22.9 Å². The topological polar surface area (TPSA) is 27.7 Å². The number of rotatable bonds is 9. The molecule has 0 amide bonds. The maximum Gasteiger partial charge on any atom is 0.432 e. The van der Waals surface area contributed by atoms with Crippen LogP contribution in [0.1, 0.15) is 49.8 Å². The molecule has 4 rings (SSSR count). The second kappa shape index (κ2) is 11.6. The molecule has 1 aliphatic rings. The lowest BCUT2D eigenvalue weighted by Crippen LogP contribution is -2.25. The van der Waals surface area contributed by atoms with Crippen LogP contribution in [-0.2, 0) is 10.8 Å². The summed E-state index contributed by atoms with van der Waals surface area (Å²) in [7, 11) is 0. The summed E-state index contributed by atoms with van der Waals surface area (Å²) >= 11 is 0. The van der Waals surface area contributed by atoms with Gasteiger partial charge in [-0.25, -0.2) is 22.0 Å². The summed E-state index contributed by atoms with van der Waals surface area (Å²) in [5.41, 5.74) is -0.443. The molecule has 0 aliphatic carbocycles. The number of benzene rings is 3. The minimum Gasteiger partial charge on any atom is -0.457 e. The molecule has 1 heterocycles. The molecule has 38 heavy (non-hydrogen) atoms. The van der Waals surface area contributed by atoms with Crippen molar-refractivity contribution in [2.75, 3.05) is 13.5 Å². The van der Waals surface area contributed by atoms with E-state index in [4.69, 9.17) is 4.74 Å². The SMILES string of the molecule is CCCC1CCC(c2ccc(-c3cc(F)c(C(F)(F)Oc4cc(F)c(OCF)c(F)c4)c(F)c3)cc2)OC1. The average Bonchev–Trinajstić information content (AvgIpc) is 2.86. The van der Waals surface area contributed by atoms with E-state index in [1.807, 2.05) is 0 Å². The van der Waals surface area contributed by atoms with Crippen LogP contribution in [0.25, 0.3) is 11.1 Å². The van der Waals surface area contributed by atoms with Gasteiger partial charge in [0, 0.05) is 12.1 Å². The molecule has 0 spiro atoms. The molecular weight excluding hydrogens is 517 g/mol. The number of alkyl halides is 3. The van der Waals surface area contributed by atoms with E-state index < -0.39 is 53.3 Å². The lowest BCUT2D eigenvalue weighted by molar-refractivity contribution is -0.189. The van der Waals surface area contributed by atoms with Crippen LogP contribution < -0.4 is 9.47 Å². The highest BCUT2D eigenvalue weighted by molar-refractivity contribution is 5.64. The zero-order valence-corrected chi connectivity index (χ0v) is 20.4. The zero-order chi connectivity index (χ0) is 27.4. The normalized spacial score (nSPS) is 17.9. The summed E-state index contributed by atoms with van der Waals surface area (Å²) in [5, 5.41) is 0. The number of ether oxygens (including phenoxy) is 3. The van der Waals surface area contributed by atoms with Crippen molar-refractivity contribution in [3.63, 3.8) is 0 Å². The lowest BCUT2D eigenvalue weighted by atomic mass is 9.91. The molecule has 1 saturated heterocycles. The van der Waals surface area contributed by atoms with Crippen molar-refractivity contribution >= 4 is 0 Å². The summed E-state index contributed by atoms with van der Waals surface area (Å²) in [6.07, 6.45) is -0.612. The summed E-state index contributed by atoms with van der Waals surface area (Å²) in [4.78, 5) is 0. The maximum atomic E-state index is 14.8. The fraction of sp³-hybridized carbons (Fsp3) is 0.357. The van der Waals surface area contributed by atoms with Crippen LogP contribution in [0.3, 0.4) is 0 Å². The Kier molecular flexibility index (Phi) is 8.50. The Balaban J connectivity index is 1.52. The van der Waals surface area contributed by atoms with Crippen LogP contribution in [0, 0.1) is 29.2 Å². The number of hydrogen-bond donors (Lipinski definition) is 0. The summed E-state index contributed by atoms with van der Waals surface area (Å²) in [6.45, 7) is 1.23. The summed E-state index contributed by atoms with van der Waals surface area (Å²) in [6, 6.07) is 8.77. The molecule has 3 aromatic carbocycles. The Bertz CT molecular complexity index is 1210. The zero-order valence-electron chi connectivity index (χ0n) is 20.4. The highest BCUT2D eigenvalue weighted by Crippen LogP contribution is 2.39.